The first-order valence-corrected chi connectivity index (χ1v) is 5.75. The summed E-state index contributed by atoms with van der Waals surface area (Å²) in [7, 11) is 0. The Morgan fingerprint density at radius 2 is 2.06 bits per heavy atom. The number of carboxylic acid groups (broad SMARTS) is 1. The molecule has 1 aromatic carbocycles. The van der Waals surface area contributed by atoms with Crippen molar-refractivity contribution in [2.45, 2.75) is 13.0 Å². The molecule has 0 aromatic heterocycles. The third kappa shape index (κ3) is 4.43. The number of halogens is 2. The van der Waals surface area contributed by atoms with E-state index >= 15 is 0 Å². The number of hydrogen-bond acceptors (Lipinski definition) is 3. The highest BCUT2D eigenvalue weighted by Gasteiger charge is 2.14. The summed E-state index contributed by atoms with van der Waals surface area (Å²) in [6.07, 6.45) is 0. The van der Waals surface area contributed by atoms with E-state index in [1.165, 1.54) is 19.1 Å². The second kappa shape index (κ2) is 6.47. The van der Waals surface area contributed by atoms with Gasteiger partial charge >= 0.3 is 5.97 Å². The summed E-state index contributed by atoms with van der Waals surface area (Å²) in [5, 5.41) is 11.5. The minimum Gasteiger partial charge on any atom is -0.484 e. The fourth-order valence-corrected chi connectivity index (χ4v) is 1.35. The Morgan fingerprint density at radius 1 is 1.39 bits per heavy atom. The lowest BCUT2D eigenvalue weighted by atomic mass is 10.3. The fraction of sp³-hybridized carbons (Fsp3) is 0.273. The van der Waals surface area contributed by atoms with Crippen LogP contribution in [0.2, 0.25) is 10.0 Å². The van der Waals surface area contributed by atoms with Gasteiger partial charge in [0, 0.05) is 6.07 Å². The summed E-state index contributed by atoms with van der Waals surface area (Å²) in [6.45, 7) is 1.06. The maximum absolute atomic E-state index is 11.3. The van der Waals surface area contributed by atoms with Gasteiger partial charge in [-0.3, -0.25) is 9.59 Å². The summed E-state index contributed by atoms with van der Waals surface area (Å²) in [5.74, 6) is -1.27. The largest absolute Gasteiger partial charge is 0.484 e. The maximum atomic E-state index is 11.3. The third-order valence-electron chi connectivity index (χ3n) is 2.01. The van der Waals surface area contributed by atoms with E-state index < -0.39 is 17.9 Å². The quantitative estimate of drug-likeness (QED) is 0.870. The zero-order chi connectivity index (χ0) is 13.7. The standard InChI is InChI=1S/C11H11Cl2NO4/c1-6(11(16)17)14-10(15)5-18-7-2-3-8(12)9(13)4-7/h2-4,6H,5H2,1H3,(H,14,15)(H,16,17)/t6-/m0/s1. The predicted molar refractivity (Wildman–Crippen MR) is 67.2 cm³/mol. The maximum Gasteiger partial charge on any atom is 0.325 e. The minimum atomic E-state index is -1.11. The minimum absolute atomic E-state index is 0.296. The summed E-state index contributed by atoms with van der Waals surface area (Å²) in [4.78, 5) is 21.8. The Balaban J connectivity index is 2.47. The summed E-state index contributed by atoms with van der Waals surface area (Å²) >= 11 is 11.5. The lowest BCUT2D eigenvalue weighted by Gasteiger charge is -2.10. The van der Waals surface area contributed by atoms with Crippen LogP contribution in [0.1, 0.15) is 6.92 Å². The Kier molecular flexibility index (Phi) is 5.25. The number of carbonyl (C=O) groups is 2. The monoisotopic (exact) mass is 291 g/mol. The Bertz CT molecular complexity index is 464. The lowest BCUT2D eigenvalue weighted by molar-refractivity contribution is -0.141. The van der Waals surface area contributed by atoms with Crippen LogP contribution >= 0.6 is 23.2 Å². The molecule has 18 heavy (non-hydrogen) atoms. The highest BCUT2D eigenvalue weighted by Crippen LogP contribution is 2.26. The van der Waals surface area contributed by atoms with E-state index in [2.05, 4.69) is 5.32 Å². The van der Waals surface area contributed by atoms with Crippen LogP contribution in [0.3, 0.4) is 0 Å². The molecule has 0 spiro atoms. The Hall–Kier alpha value is -1.46. The number of ether oxygens (including phenoxy) is 1. The van der Waals surface area contributed by atoms with E-state index in [1.54, 1.807) is 6.07 Å². The first kappa shape index (κ1) is 14.6. The fourth-order valence-electron chi connectivity index (χ4n) is 1.06. The van der Waals surface area contributed by atoms with Gasteiger partial charge in [-0.25, -0.2) is 0 Å². The average molecular weight is 292 g/mol. The number of rotatable bonds is 5. The third-order valence-corrected chi connectivity index (χ3v) is 2.75. The van der Waals surface area contributed by atoms with Gasteiger partial charge in [0.2, 0.25) is 0 Å². The van der Waals surface area contributed by atoms with Crippen molar-refractivity contribution in [3.8, 4) is 5.75 Å². The van der Waals surface area contributed by atoms with Crippen LogP contribution in [0.15, 0.2) is 18.2 Å². The molecule has 5 nitrogen and oxygen atoms in total. The number of carbonyl (C=O) groups excluding carboxylic acids is 1. The van der Waals surface area contributed by atoms with E-state index in [-0.39, 0.29) is 6.61 Å². The van der Waals surface area contributed by atoms with Gasteiger partial charge in [0.15, 0.2) is 6.61 Å². The molecular formula is C11H11Cl2NO4. The number of carboxylic acids is 1. The molecule has 0 fully saturated rings. The number of amides is 1. The molecule has 7 heteroatoms. The molecular weight excluding hydrogens is 281 g/mol. The zero-order valence-corrected chi connectivity index (χ0v) is 11.0. The van der Waals surface area contributed by atoms with Crippen molar-refractivity contribution in [3.05, 3.63) is 28.2 Å². The van der Waals surface area contributed by atoms with E-state index in [1.807, 2.05) is 0 Å². The van der Waals surface area contributed by atoms with Crippen molar-refractivity contribution in [2.24, 2.45) is 0 Å². The molecule has 0 aliphatic heterocycles. The molecule has 0 aliphatic carbocycles. The van der Waals surface area contributed by atoms with Gasteiger partial charge in [0.1, 0.15) is 11.8 Å². The molecule has 0 aliphatic rings. The SMILES string of the molecule is C[C@H](NC(=O)COc1ccc(Cl)c(Cl)c1)C(=O)O. The topological polar surface area (TPSA) is 75.6 Å². The molecule has 0 radical (unpaired) electrons. The summed E-state index contributed by atoms with van der Waals surface area (Å²) < 4.78 is 5.14. The second-order valence-electron chi connectivity index (χ2n) is 3.49. The number of nitrogens with one attached hydrogen (secondary N) is 1. The van der Waals surface area contributed by atoms with Crippen molar-refractivity contribution in [1.82, 2.24) is 5.32 Å². The second-order valence-corrected chi connectivity index (χ2v) is 4.31. The van der Waals surface area contributed by atoms with E-state index in [0.717, 1.165) is 0 Å². The number of aliphatic carboxylic acids is 1. The van der Waals surface area contributed by atoms with E-state index in [4.69, 9.17) is 33.0 Å². The van der Waals surface area contributed by atoms with Gasteiger partial charge < -0.3 is 15.2 Å². The molecule has 0 unspecified atom stereocenters. The molecule has 0 bridgehead atoms. The smallest absolute Gasteiger partial charge is 0.325 e. The van der Waals surface area contributed by atoms with Crippen LogP contribution in [0.5, 0.6) is 5.75 Å². The van der Waals surface area contributed by atoms with Gasteiger partial charge in [0.25, 0.3) is 5.91 Å². The summed E-state index contributed by atoms with van der Waals surface area (Å²) in [6, 6.07) is 3.60. The van der Waals surface area contributed by atoms with Crippen molar-refractivity contribution in [1.29, 1.82) is 0 Å². The van der Waals surface area contributed by atoms with Crippen LogP contribution < -0.4 is 10.1 Å². The first-order chi connectivity index (χ1) is 8.40. The highest BCUT2D eigenvalue weighted by molar-refractivity contribution is 6.42. The molecule has 1 rings (SSSR count). The van der Waals surface area contributed by atoms with Crippen LogP contribution in [-0.4, -0.2) is 29.6 Å². The van der Waals surface area contributed by atoms with E-state index in [9.17, 15) is 9.59 Å². The average Bonchev–Trinajstić information content (AvgIpc) is 2.30. The molecule has 2 N–H and O–H groups in total. The van der Waals surface area contributed by atoms with Crippen molar-refractivity contribution < 1.29 is 19.4 Å². The van der Waals surface area contributed by atoms with Gasteiger partial charge in [-0.1, -0.05) is 23.2 Å². The summed E-state index contributed by atoms with van der Waals surface area (Å²) in [5.41, 5.74) is 0. The van der Waals surface area contributed by atoms with Crippen LogP contribution in [-0.2, 0) is 9.59 Å². The Labute approximate surface area is 114 Å². The van der Waals surface area contributed by atoms with Crippen molar-refractivity contribution in [2.75, 3.05) is 6.61 Å². The molecule has 0 heterocycles. The van der Waals surface area contributed by atoms with Crippen LogP contribution in [0, 0.1) is 0 Å². The molecule has 1 atom stereocenters. The van der Waals surface area contributed by atoms with Crippen LogP contribution in [0.4, 0.5) is 0 Å². The first-order valence-electron chi connectivity index (χ1n) is 5.00. The lowest BCUT2D eigenvalue weighted by Crippen LogP contribution is -2.40. The van der Waals surface area contributed by atoms with Crippen molar-refractivity contribution in [3.63, 3.8) is 0 Å². The molecule has 1 aromatic rings. The predicted octanol–water partition coefficient (Wildman–Crippen LogP) is 1.96. The van der Waals surface area contributed by atoms with Gasteiger partial charge in [0.05, 0.1) is 10.0 Å². The molecule has 0 saturated heterocycles. The zero-order valence-electron chi connectivity index (χ0n) is 9.44. The number of hydrogen-bond donors (Lipinski definition) is 2. The van der Waals surface area contributed by atoms with Gasteiger partial charge in [-0.15, -0.1) is 0 Å². The molecule has 98 valence electrons. The van der Waals surface area contributed by atoms with Gasteiger partial charge in [-0.05, 0) is 19.1 Å². The van der Waals surface area contributed by atoms with E-state index in [0.29, 0.717) is 15.8 Å². The van der Waals surface area contributed by atoms with Crippen LogP contribution in [0.25, 0.3) is 0 Å². The highest BCUT2D eigenvalue weighted by atomic mass is 35.5. The molecule has 0 saturated carbocycles. The van der Waals surface area contributed by atoms with Crippen molar-refractivity contribution >= 4 is 35.1 Å². The Morgan fingerprint density at radius 3 is 2.61 bits per heavy atom. The van der Waals surface area contributed by atoms with Gasteiger partial charge in [-0.2, -0.15) is 0 Å². The number of benzene rings is 1. The normalized spacial score (nSPS) is 11.7. The molecule has 1 amide bonds.